The molecule has 9 heteroatoms. The molecule has 7 nitrogen and oxygen atoms in total. The molecule has 0 saturated carbocycles. The molecule has 2 atom stereocenters. The molecule has 2 aromatic carbocycles. The van der Waals surface area contributed by atoms with E-state index in [4.69, 9.17) is 14.2 Å². The number of hydrogen-bond acceptors (Lipinski definition) is 6. The molecule has 5 rings (SSSR count). The largest absolute Gasteiger partial charge is 0.497 e. The second-order valence-corrected chi connectivity index (χ2v) is 10.4. The van der Waals surface area contributed by atoms with Gasteiger partial charge >= 0.3 is 0 Å². The van der Waals surface area contributed by atoms with Crippen molar-refractivity contribution in [1.82, 2.24) is 9.80 Å². The van der Waals surface area contributed by atoms with Gasteiger partial charge in [0.25, 0.3) is 5.91 Å². The molecule has 0 bridgehead atoms. The highest BCUT2D eigenvalue weighted by Crippen LogP contribution is 2.34. The molecule has 2 aliphatic rings. The van der Waals surface area contributed by atoms with Crippen LogP contribution >= 0.6 is 11.3 Å². The average Bonchev–Trinajstić information content (AvgIpc) is 3.63. The van der Waals surface area contributed by atoms with E-state index in [1.54, 1.807) is 41.5 Å². The number of hydrogen-bond donors (Lipinski definition) is 0. The van der Waals surface area contributed by atoms with E-state index in [2.05, 4.69) is 0 Å². The third-order valence-corrected chi connectivity index (χ3v) is 8.03. The first-order valence-electron chi connectivity index (χ1n) is 12.8. The van der Waals surface area contributed by atoms with Crippen molar-refractivity contribution in [3.8, 4) is 11.5 Å². The van der Waals surface area contributed by atoms with Crippen LogP contribution in [-0.2, 0) is 16.0 Å². The Morgan fingerprint density at radius 3 is 2.79 bits per heavy atom. The predicted octanol–water partition coefficient (Wildman–Crippen LogP) is 4.72. The fraction of sp³-hybridized carbons (Fsp3) is 0.379. The molecule has 2 amide bonds. The maximum Gasteiger partial charge on any atom is 0.257 e. The number of carbonyl (C=O) groups excluding carboxylic acids is 2. The number of rotatable bonds is 9. The zero-order valence-electron chi connectivity index (χ0n) is 21.3. The number of methoxy groups -OCH3 is 1. The van der Waals surface area contributed by atoms with Gasteiger partial charge in [0.1, 0.15) is 30.5 Å². The van der Waals surface area contributed by atoms with Gasteiger partial charge in [0.2, 0.25) is 5.91 Å². The molecule has 0 N–H and O–H groups in total. The first-order valence-corrected chi connectivity index (χ1v) is 13.7. The Hall–Kier alpha value is -3.43. The van der Waals surface area contributed by atoms with Crippen LogP contribution in [0.5, 0.6) is 11.5 Å². The van der Waals surface area contributed by atoms with Crippen molar-refractivity contribution in [2.24, 2.45) is 0 Å². The first-order chi connectivity index (χ1) is 18.5. The summed E-state index contributed by atoms with van der Waals surface area (Å²) in [4.78, 5) is 31.6. The van der Waals surface area contributed by atoms with Crippen LogP contribution in [0.15, 0.2) is 60.0 Å². The van der Waals surface area contributed by atoms with Gasteiger partial charge in [0.05, 0.1) is 24.8 Å². The van der Waals surface area contributed by atoms with Gasteiger partial charge in [-0.1, -0.05) is 18.2 Å². The summed E-state index contributed by atoms with van der Waals surface area (Å²) in [5.41, 5.74) is 1.01. The van der Waals surface area contributed by atoms with Crippen molar-refractivity contribution in [2.75, 3.05) is 40.0 Å². The third kappa shape index (κ3) is 5.84. The SMILES string of the molecule is COc1cccc(OC[C@@H]2c3ccsc3CCN2C(=O)CN(C[C@H]2CCCO2)C(=O)c2ccccc2F)c1. The Balaban J connectivity index is 1.36. The van der Waals surface area contributed by atoms with Crippen LogP contribution in [0.2, 0.25) is 0 Å². The number of amides is 2. The lowest BCUT2D eigenvalue weighted by Crippen LogP contribution is -2.49. The lowest BCUT2D eigenvalue weighted by Gasteiger charge is -2.37. The van der Waals surface area contributed by atoms with Crippen molar-refractivity contribution in [3.63, 3.8) is 0 Å². The Morgan fingerprint density at radius 1 is 1.16 bits per heavy atom. The van der Waals surface area contributed by atoms with E-state index in [1.165, 1.54) is 21.9 Å². The van der Waals surface area contributed by atoms with Crippen molar-refractivity contribution in [2.45, 2.75) is 31.4 Å². The van der Waals surface area contributed by atoms with Crippen LogP contribution in [0.3, 0.4) is 0 Å². The summed E-state index contributed by atoms with van der Waals surface area (Å²) in [5.74, 6) is 0.0152. The van der Waals surface area contributed by atoms with Gasteiger partial charge in [0, 0.05) is 30.6 Å². The minimum Gasteiger partial charge on any atom is -0.497 e. The Kier molecular flexibility index (Phi) is 8.24. The van der Waals surface area contributed by atoms with Crippen molar-refractivity contribution >= 4 is 23.2 Å². The fourth-order valence-corrected chi connectivity index (χ4v) is 5.98. The molecule has 1 saturated heterocycles. The van der Waals surface area contributed by atoms with E-state index in [1.807, 2.05) is 29.6 Å². The molecule has 0 unspecified atom stereocenters. The summed E-state index contributed by atoms with van der Waals surface area (Å²) >= 11 is 1.67. The maximum atomic E-state index is 14.5. The first kappa shape index (κ1) is 26.2. The summed E-state index contributed by atoms with van der Waals surface area (Å²) in [6, 6.07) is 15.0. The van der Waals surface area contributed by atoms with Gasteiger partial charge in [-0.3, -0.25) is 9.59 Å². The highest BCUT2D eigenvalue weighted by Gasteiger charge is 2.35. The lowest BCUT2D eigenvalue weighted by atomic mass is 10.00. The highest BCUT2D eigenvalue weighted by atomic mass is 32.1. The minimum absolute atomic E-state index is 0.0463. The third-order valence-electron chi connectivity index (χ3n) is 7.03. The van der Waals surface area contributed by atoms with Crippen LogP contribution in [0.1, 0.15) is 39.7 Å². The molecular weight excluding hydrogens is 507 g/mol. The van der Waals surface area contributed by atoms with Gasteiger partial charge in [-0.25, -0.2) is 4.39 Å². The van der Waals surface area contributed by atoms with E-state index in [0.717, 1.165) is 24.8 Å². The number of benzene rings is 2. The van der Waals surface area contributed by atoms with Crippen LogP contribution in [0, 0.1) is 5.82 Å². The number of carbonyl (C=O) groups is 2. The topological polar surface area (TPSA) is 68.3 Å². The summed E-state index contributed by atoms with van der Waals surface area (Å²) in [6.45, 7) is 1.47. The molecule has 38 heavy (non-hydrogen) atoms. The smallest absolute Gasteiger partial charge is 0.257 e. The Labute approximate surface area is 225 Å². The number of nitrogens with zero attached hydrogens (tertiary/aromatic N) is 2. The number of thiophene rings is 1. The molecule has 200 valence electrons. The predicted molar refractivity (Wildman–Crippen MR) is 142 cm³/mol. The van der Waals surface area contributed by atoms with Gasteiger partial charge in [-0.05, 0) is 60.5 Å². The molecule has 1 fully saturated rings. The fourth-order valence-electron chi connectivity index (χ4n) is 5.05. The summed E-state index contributed by atoms with van der Waals surface area (Å²) in [5, 5.41) is 2.03. The van der Waals surface area contributed by atoms with Crippen LogP contribution in [0.25, 0.3) is 0 Å². The standard InChI is InChI=1S/C29H31FN2O5S/c1-35-20-6-4-7-21(16-20)37-19-26-24-12-15-38-27(24)11-13-32(26)28(33)18-31(17-22-8-5-14-36-22)29(34)23-9-2-3-10-25(23)30/h2-4,6-7,9-10,12,15-16,22,26H,5,8,11,13-14,17-19H2,1H3/t22-,26-/m1/s1. The zero-order valence-corrected chi connectivity index (χ0v) is 22.1. The second-order valence-electron chi connectivity index (χ2n) is 9.44. The molecule has 2 aliphatic heterocycles. The number of halogens is 1. The average molecular weight is 539 g/mol. The number of ether oxygens (including phenoxy) is 3. The van der Waals surface area contributed by atoms with Gasteiger partial charge in [-0.15, -0.1) is 11.3 Å². The molecule has 0 aliphatic carbocycles. The highest BCUT2D eigenvalue weighted by molar-refractivity contribution is 7.10. The number of fused-ring (bicyclic) bond motifs is 1. The Bertz CT molecular complexity index is 1280. The van der Waals surface area contributed by atoms with E-state index in [9.17, 15) is 14.0 Å². The van der Waals surface area contributed by atoms with E-state index >= 15 is 0 Å². The van der Waals surface area contributed by atoms with Gasteiger partial charge in [0.15, 0.2) is 0 Å². The zero-order chi connectivity index (χ0) is 26.5. The molecule has 0 radical (unpaired) electrons. The van der Waals surface area contributed by atoms with Crippen molar-refractivity contribution in [3.05, 3.63) is 81.8 Å². The normalized spacial score (nSPS) is 18.6. The van der Waals surface area contributed by atoms with E-state index in [0.29, 0.717) is 24.7 Å². The van der Waals surface area contributed by atoms with Crippen molar-refractivity contribution in [1.29, 1.82) is 0 Å². The molecule has 0 spiro atoms. The second kappa shape index (κ2) is 12.0. The summed E-state index contributed by atoms with van der Waals surface area (Å²) < 4.78 is 31.7. The molecule has 1 aromatic heterocycles. The molecule has 3 heterocycles. The van der Waals surface area contributed by atoms with E-state index < -0.39 is 11.7 Å². The van der Waals surface area contributed by atoms with Crippen LogP contribution in [-0.4, -0.2) is 67.7 Å². The van der Waals surface area contributed by atoms with Crippen LogP contribution in [0.4, 0.5) is 4.39 Å². The van der Waals surface area contributed by atoms with Crippen LogP contribution < -0.4 is 9.47 Å². The maximum absolute atomic E-state index is 14.5. The van der Waals surface area contributed by atoms with Gasteiger partial charge < -0.3 is 24.0 Å². The quantitative estimate of drug-likeness (QED) is 0.394. The van der Waals surface area contributed by atoms with Crippen molar-refractivity contribution < 1.29 is 28.2 Å². The molecular formula is C29H31FN2O5S. The Morgan fingerprint density at radius 2 is 2.00 bits per heavy atom. The minimum atomic E-state index is -0.604. The molecule has 3 aromatic rings. The lowest BCUT2D eigenvalue weighted by molar-refractivity contribution is -0.135. The summed E-state index contributed by atoms with van der Waals surface area (Å²) in [6.07, 6.45) is 2.27. The van der Waals surface area contributed by atoms with E-state index in [-0.39, 0.29) is 43.3 Å². The monoisotopic (exact) mass is 538 g/mol. The van der Waals surface area contributed by atoms with Gasteiger partial charge in [-0.2, -0.15) is 0 Å². The summed E-state index contributed by atoms with van der Waals surface area (Å²) in [7, 11) is 1.60.